The van der Waals surface area contributed by atoms with E-state index in [2.05, 4.69) is 15.5 Å². The lowest BCUT2D eigenvalue weighted by Crippen LogP contribution is -2.24. The van der Waals surface area contributed by atoms with Crippen molar-refractivity contribution in [1.29, 1.82) is 0 Å². The number of methoxy groups -OCH3 is 2. The van der Waals surface area contributed by atoms with Crippen LogP contribution in [-0.4, -0.2) is 30.3 Å². The van der Waals surface area contributed by atoms with Crippen molar-refractivity contribution < 1.29 is 18.8 Å². The van der Waals surface area contributed by atoms with Crippen LogP contribution in [0.4, 0.5) is 0 Å². The highest BCUT2D eigenvalue weighted by Crippen LogP contribution is 2.27. The fraction of sp³-hybridized carbons (Fsp3) is 0.250. The van der Waals surface area contributed by atoms with Crippen LogP contribution < -0.4 is 14.8 Å². The van der Waals surface area contributed by atoms with Gasteiger partial charge in [0.15, 0.2) is 11.5 Å². The van der Waals surface area contributed by atoms with Gasteiger partial charge in [0.2, 0.25) is 17.6 Å². The Bertz CT molecular complexity index is 919. The summed E-state index contributed by atoms with van der Waals surface area (Å²) >= 11 is 0. The lowest BCUT2D eigenvalue weighted by Gasteiger charge is -2.09. The van der Waals surface area contributed by atoms with E-state index in [1.165, 1.54) is 0 Å². The molecule has 1 heterocycles. The molecule has 0 atom stereocenters. The Balaban J connectivity index is 1.57. The summed E-state index contributed by atoms with van der Waals surface area (Å²) in [6, 6.07) is 13.2. The van der Waals surface area contributed by atoms with Gasteiger partial charge in [-0.2, -0.15) is 4.98 Å². The molecule has 7 heteroatoms. The minimum Gasteiger partial charge on any atom is -0.493 e. The molecule has 7 nitrogen and oxygen atoms in total. The minimum atomic E-state index is -0.155. The molecule has 0 aliphatic rings. The Labute approximate surface area is 157 Å². The molecule has 3 aromatic rings. The van der Waals surface area contributed by atoms with Gasteiger partial charge in [0.25, 0.3) is 0 Å². The zero-order valence-corrected chi connectivity index (χ0v) is 15.5. The third-order valence-corrected chi connectivity index (χ3v) is 4.03. The standard InChI is InChI=1S/C20H21N3O4/c1-13-4-7-15(8-5-13)20-22-19(27-23-20)12-21-18(24)11-14-6-9-16(25-2)17(10-14)26-3/h4-10H,11-12H2,1-3H3,(H,21,24). The van der Waals surface area contributed by atoms with E-state index in [4.69, 9.17) is 14.0 Å². The fourth-order valence-corrected chi connectivity index (χ4v) is 2.56. The van der Waals surface area contributed by atoms with E-state index in [1.807, 2.05) is 37.3 Å². The molecule has 1 N–H and O–H groups in total. The summed E-state index contributed by atoms with van der Waals surface area (Å²) in [5.74, 6) is 1.90. The van der Waals surface area contributed by atoms with Gasteiger partial charge in [0.05, 0.1) is 27.2 Å². The van der Waals surface area contributed by atoms with E-state index in [9.17, 15) is 4.79 Å². The molecule has 0 spiro atoms. The third kappa shape index (κ3) is 4.63. The van der Waals surface area contributed by atoms with Gasteiger partial charge >= 0.3 is 0 Å². The van der Waals surface area contributed by atoms with Crippen LogP contribution in [0.3, 0.4) is 0 Å². The number of carbonyl (C=O) groups is 1. The predicted molar refractivity (Wildman–Crippen MR) is 99.6 cm³/mol. The number of carbonyl (C=O) groups excluding carboxylic acids is 1. The van der Waals surface area contributed by atoms with E-state index in [1.54, 1.807) is 26.4 Å². The molecule has 140 valence electrons. The number of hydrogen-bond donors (Lipinski definition) is 1. The number of amides is 1. The highest BCUT2D eigenvalue weighted by molar-refractivity contribution is 5.78. The summed E-state index contributed by atoms with van der Waals surface area (Å²) in [5.41, 5.74) is 2.84. The van der Waals surface area contributed by atoms with Crippen molar-refractivity contribution in [3.05, 3.63) is 59.5 Å². The zero-order valence-electron chi connectivity index (χ0n) is 15.5. The fourth-order valence-electron chi connectivity index (χ4n) is 2.56. The van der Waals surface area contributed by atoms with Gasteiger partial charge in [-0.05, 0) is 24.6 Å². The smallest absolute Gasteiger partial charge is 0.246 e. The van der Waals surface area contributed by atoms with Crippen LogP contribution in [0.15, 0.2) is 47.0 Å². The second-order valence-corrected chi connectivity index (χ2v) is 6.02. The maximum absolute atomic E-state index is 12.2. The van der Waals surface area contributed by atoms with Crippen molar-refractivity contribution in [2.24, 2.45) is 0 Å². The lowest BCUT2D eigenvalue weighted by atomic mass is 10.1. The van der Waals surface area contributed by atoms with Crippen molar-refractivity contribution in [2.45, 2.75) is 19.9 Å². The molecular formula is C20H21N3O4. The van der Waals surface area contributed by atoms with Gasteiger partial charge in [-0.1, -0.05) is 41.1 Å². The van der Waals surface area contributed by atoms with Crippen molar-refractivity contribution in [3.8, 4) is 22.9 Å². The largest absolute Gasteiger partial charge is 0.493 e. The molecule has 2 aromatic carbocycles. The molecule has 0 unspecified atom stereocenters. The number of nitrogens with zero attached hydrogens (tertiary/aromatic N) is 2. The molecule has 27 heavy (non-hydrogen) atoms. The number of rotatable bonds is 7. The molecule has 0 aliphatic heterocycles. The average molecular weight is 367 g/mol. The van der Waals surface area contributed by atoms with Crippen LogP contribution in [0, 0.1) is 6.92 Å². The minimum absolute atomic E-state index is 0.155. The topological polar surface area (TPSA) is 86.5 Å². The maximum Gasteiger partial charge on any atom is 0.246 e. The highest BCUT2D eigenvalue weighted by atomic mass is 16.5. The van der Waals surface area contributed by atoms with E-state index in [0.29, 0.717) is 23.2 Å². The van der Waals surface area contributed by atoms with Gasteiger partial charge in [0, 0.05) is 5.56 Å². The van der Waals surface area contributed by atoms with Crippen LogP contribution in [0.5, 0.6) is 11.5 Å². The molecule has 0 saturated carbocycles. The van der Waals surface area contributed by atoms with E-state index in [-0.39, 0.29) is 18.9 Å². The van der Waals surface area contributed by atoms with Crippen LogP contribution in [-0.2, 0) is 17.8 Å². The maximum atomic E-state index is 12.2. The number of ether oxygens (including phenoxy) is 2. The monoisotopic (exact) mass is 367 g/mol. The second-order valence-electron chi connectivity index (χ2n) is 6.02. The Kier molecular flexibility index (Phi) is 5.71. The van der Waals surface area contributed by atoms with Crippen molar-refractivity contribution in [2.75, 3.05) is 14.2 Å². The number of aromatic nitrogens is 2. The van der Waals surface area contributed by atoms with Crippen LogP contribution in [0.1, 0.15) is 17.0 Å². The summed E-state index contributed by atoms with van der Waals surface area (Å²) in [4.78, 5) is 16.5. The first-order valence-corrected chi connectivity index (χ1v) is 8.46. The zero-order chi connectivity index (χ0) is 19.2. The molecule has 3 rings (SSSR count). The molecule has 0 aliphatic carbocycles. The van der Waals surface area contributed by atoms with Gasteiger partial charge in [0.1, 0.15) is 0 Å². The molecule has 0 fully saturated rings. The summed E-state index contributed by atoms with van der Waals surface area (Å²) in [7, 11) is 3.13. The molecule has 0 radical (unpaired) electrons. The molecule has 0 bridgehead atoms. The van der Waals surface area contributed by atoms with E-state index in [0.717, 1.165) is 16.7 Å². The number of nitrogens with one attached hydrogen (secondary N) is 1. The van der Waals surface area contributed by atoms with Crippen LogP contribution >= 0.6 is 0 Å². The Morgan fingerprint density at radius 1 is 1.07 bits per heavy atom. The average Bonchev–Trinajstić information content (AvgIpc) is 3.16. The third-order valence-electron chi connectivity index (χ3n) is 4.03. The highest BCUT2D eigenvalue weighted by Gasteiger charge is 2.11. The van der Waals surface area contributed by atoms with E-state index >= 15 is 0 Å². The van der Waals surface area contributed by atoms with Gasteiger partial charge in [-0.3, -0.25) is 4.79 Å². The summed E-state index contributed by atoms with van der Waals surface area (Å²) in [6.45, 7) is 2.18. The Hall–Kier alpha value is -3.35. The number of aryl methyl sites for hydroxylation is 1. The Morgan fingerprint density at radius 2 is 1.81 bits per heavy atom. The summed E-state index contributed by atoms with van der Waals surface area (Å²) in [5, 5.41) is 6.73. The number of benzene rings is 2. The first-order valence-electron chi connectivity index (χ1n) is 8.46. The Morgan fingerprint density at radius 3 is 2.52 bits per heavy atom. The van der Waals surface area contributed by atoms with Gasteiger partial charge < -0.3 is 19.3 Å². The van der Waals surface area contributed by atoms with Crippen LogP contribution in [0.25, 0.3) is 11.4 Å². The van der Waals surface area contributed by atoms with Gasteiger partial charge in [-0.15, -0.1) is 0 Å². The quantitative estimate of drug-likeness (QED) is 0.691. The first kappa shape index (κ1) is 18.4. The van der Waals surface area contributed by atoms with Crippen molar-refractivity contribution >= 4 is 5.91 Å². The van der Waals surface area contributed by atoms with Crippen molar-refractivity contribution in [3.63, 3.8) is 0 Å². The normalized spacial score (nSPS) is 10.5. The predicted octanol–water partition coefficient (Wildman–Crippen LogP) is 2.92. The second kappa shape index (κ2) is 8.35. The SMILES string of the molecule is COc1ccc(CC(=O)NCc2nc(-c3ccc(C)cc3)no2)cc1OC. The van der Waals surface area contributed by atoms with E-state index < -0.39 is 0 Å². The first-order chi connectivity index (χ1) is 13.1. The summed E-state index contributed by atoms with van der Waals surface area (Å²) in [6.07, 6.45) is 0.208. The molecular weight excluding hydrogens is 346 g/mol. The van der Waals surface area contributed by atoms with Crippen LogP contribution in [0.2, 0.25) is 0 Å². The molecule has 1 amide bonds. The molecule has 1 aromatic heterocycles. The molecule has 0 saturated heterocycles. The van der Waals surface area contributed by atoms with Gasteiger partial charge in [-0.25, -0.2) is 0 Å². The number of hydrogen-bond acceptors (Lipinski definition) is 6. The lowest BCUT2D eigenvalue weighted by molar-refractivity contribution is -0.120. The van der Waals surface area contributed by atoms with Crippen molar-refractivity contribution in [1.82, 2.24) is 15.5 Å². The summed E-state index contributed by atoms with van der Waals surface area (Å²) < 4.78 is 15.6.